The Hall–Kier alpha value is -1.29. The maximum atomic E-state index is 6.29. The fourth-order valence-electron chi connectivity index (χ4n) is 2.08. The summed E-state index contributed by atoms with van der Waals surface area (Å²) in [5, 5.41) is 4.32. The quantitative estimate of drug-likeness (QED) is 0.903. The normalized spacial score (nSPS) is 12.2. The van der Waals surface area contributed by atoms with E-state index in [2.05, 4.69) is 10.3 Å². The second-order valence-electron chi connectivity index (χ2n) is 4.25. The zero-order valence-corrected chi connectivity index (χ0v) is 12.9. The fourth-order valence-corrected chi connectivity index (χ4v) is 2.50. The highest BCUT2D eigenvalue weighted by atomic mass is 35.5. The lowest BCUT2D eigenvalue weighted by atomic mass is 10.00. The summed E-state index contributed by atoms with van der Waals surface area (Å²) >= 11 is 12.4. The first-order valence-electron chi connectivity index (χ1n) is 6.36. The number of halogens is 2. The lowest BCUT2D eigenvalue weighted by molar-refractivity contribution is 0.338. The zero-order valence-electron chi connectivity index (χ0n) is 11.4. The number of aromatic nitrogens is 1. The molecule has 5 heteroatoms. The van der Waals surface area contributed by atoms with E-state index in [9.17, 15) is 0 Å². The van der Waals surface area contributed by atoms with Crippen LogP contribution in [0.25, 0.3) is 0 Å². The molecule has 0 bridgehead atoms. The van der Waals surface area contributed by atoms with Gasteiger partial charge in [-0.3, -0.25) is 4.98 Å². The van der Waals surface area contributed by atoms with E-state index < -0.39 is 0 Å². The van der Waals surface area contributed by atoms with E-state index in [0.29, 0.717) is 16.7 Å². The molecule has 1 aromatic heterocycles. The van der Waals surface area contributed by atoms with Gasteiger partial charge in [-0.15, -0.1) is 0 Å². The lowest BCUT2D eigenvalue weighted by Crippen LogP contribution is -2.18. The van der Waals surface area contributed by atoms with Gasteiger partial charge in [-0.1, -0.05) is 35.3 Å². The summed E-state index contributed by atoms with van der Waals surface area (Å²) in [5.41, 5.74) is 1.89. The maximum Gasteiger partial charge on any atom is 0.137 e. The van der Waals surface area contributed by atoms with Crippen molar-refractivity contribution in [1.82, 2.24) is 10.3 Å². The van der Waals surface area contributed by atoms with Crippen molar-refractivity contribution >= 4 is 23.2 Å². The Kier molecular flexibility index (Phi) is 5.24. The Balaban J connectivity index is 2.41. The van der Waals surface area contributed by atoms with E-state index in [0.717, 1.165) is 16.9 Å². The van der Waals surface area contributed by atoms with Crippen LogP contribution in [0.15, 0.2) is 36.7 Å². The monoisotopic (exact) mass is 310 g/mol. The number of nitrogens with one attached hydrogen (secondary N) is 1. The number of pyridine rings is 1. The van der Waals surface area contributed by atoms with Gasteiger partial charge in [0.25, 0.3) is 0 Å². The number of hydrogen-bond acceptors (Lipinski definition) is 3. The van der Waals surface area contributed by atoms with Crippen LogP contribution in [-0.2, 0) is 0 Å². The highest BCUT2D eigenvalue weighted by Crippen LogP contribution is 2.33. The molecule has 106 valence electrons. The first-order valence-corrected chi connectivity index (χ1v) is 7.11. The van der Waals surface area contributed by atoms with Crippen LogP contribution in [0.5, 0.6) is 5.75 Å². The van der Waals surface area contributed by atoms with Crippen molar-refractivity contribution in [1.29, 1.82) is 0 Å². The average Bonchev–Trinajstić information content (AvgIpc) is 2.45. The smallest absolute Gasteiger partial charge is 0.137 e. The van der Waals surface area contributed by atoms with Crippen molar-refractivity contribution < 1.29 is 4.74 Å². The molecular formula is C15H16Cl2N2O. The minimum atomic E-state index is -0.0888. The molecule has 20 heavy (non-hydrogen) atoms. The summed E-state index contributed by atoms with van der Waals surface area (Å²) in [7, 11) is 1.87. The molecule has 2 aromatic rings. The molecule has 1 atom stereocenters. The van der Waals surface area contributed by atoms with E-state index in [4.69, 9.17) is 27.9 Å². The SMILES string of the molecule is CCOc1cncc(C(NC)c2cccc(Cl)c2Cl)c1. The number of benzene rings is 1. The number of nitrogens with zero attached hydrogens (tertiary/aromatic N) is 1. The standard InChI is InChI=1S/C15H16Cl2N2O/c1-3-20-11-7-10(8-19-9-11)15(18-2)12-5-4-6-13(16)14(12)17/h4-9,15,18H,3H2,1-2H3. The molecule has 0 amide bonds. The van der Waals surface area contributed by atoms with Gasteiger partial charge in [0, 0.05) is 6.20 Å². The Morgan fingerprint density at radius 3 is 2.80 bits per heavy atom. The summed E-state index contributed by atoms with van der Waals surface area (Å²) < 4.78 is 5.48. The Bertz CT molecular complexity index is 590. The van der Waals surface area contributed by atoms with E-state index in [-0.39, 0.29) is 6.04 Å². The molecule has 2 rings (SSSR count). The van der Waals surface area contributed by atoms with Crippen LogP contribution < -0.4 is 10.1 Å². The van der Waals surface area contributed by atoms with Gasteiger partial charge >= 0.3 is 0 Å². The second-order valence-corrected chi connectivity index (χ2v) is 5.04. The molecule has 0 aliphatic heterocycles. The molecule has 0 saturated carbocycles. The molecule has 1 unspecified atom stereocenters. The molecule has 1 N–H and O–H groups in total. The largest absolute Gasteiger partial charge is 0.492 e. The summed E-state index contributed by atoms with van der Waals surface area (Å²) in [6.07, 6.45) is 3.49. The molecule has 3 nitrogen and oxygen atoms in total. The molecule has 0 radical (unpaired) electrons. The van der Waals surface area contributed by atoms with Crippen LogP contribution in [0, 0.1) is 0 Å². The summed E-state index contributed by atoms with van der Waals surface area (Å²) in [4.78, 5) is 4.21. The van der Waals surface area contributed by atoms with Gasteiger partial charge in [0.1, 0.15) is 5.75 Å². The highest BCUT2D eigenvalue weighted by molar-refractivity contribution is 6.42. The molecular weight excluding hydrogens is 295 g/mol. The Labute approximate surface area is 128 Å². The molecule has 0 aliphatic carbocycles. The molecule has 0 saturated heterocycles. The van der Waals surface area contributed by atoms with Gasteiger partial charge in [-0.25, -0.2) is 0 Å². The summed E-state index contributed by atoms with van der Waals surface area (Å²) in [6.45, 7) is 2.54. The van der Waals surface area contributed by atoms with Crippen LogP contribution in [0.2, 0.25) is 10.0 Å². The van der Waals surface area contributed by atoms with Crippen molar-refractivity contribution in [3.63, 3.8) is 0 Å². The molecule has 0 spiro atoms. The van der Waals surface area contributed by atoms with Gasteiger partial charge in [0.15, 0.2) is 0 Å². The Morgan fingerprint density at radius 2 is 2.10 bits per heavy atom. The van der Waals surface area contributed by atoms with E-state index in [1.54, 1.807) is 18.5 Å². The predicted octanol–water partition coefficient (Wildman–Crippen LogP) is 4.10. The predicted molar refractivity (Wildman–Crippen MR) is 82.8 cm³/mol. The van der Waals surface area contributed by atoms with E-state index in [1.807, 2.05) is 32.2 Å². The molecule has 0 fully saturated rings. The van der Waals surface area contributed by atoms with Crippen LogP contribution in [0.3, 0.4) is 0 Å². The molecule has 0 aliphatic rings. The van der Waals surface area contributed by atoms with Crippen molar-refractivity contribution in [3.8, 4) is 5.75 Å². The topological polar surface area (TPSA) is 34.1 Å². The van der Waals surface area contributed by atoms with Crippen LogP contribution >= 0.6 is 23.2 Å². The maximum absolute atomic E-state index is 6.29. The van der Waals surface area contributed by atoms with Crippen LogP contribution in [0.1, 0.15) is 24.1 Å². The number of ether oxygens (including phenoxy) is 1. The van der Waals surface area contributed by atoms with Gasteiger partial charge in [-0.2, -0.15) is 0 Å². The summed E-state index contributed by atoms with van der Waals surface area (Å²) in [5.74, 6) is 0.739. The van der Waals surface area contributed by atoms with Gasteiger partial charge in [0.2, 0.25) is 0 Å². The van der Waals surface area contributed by atoms with Crippen LogP contribution in [-0.4, -0.2) is 18.6 Å². The third-order valence-electron chi connectivity index (χ3n) is 2.96. The molecule has 1 heterocycles. The second kappa shape index (κ2) is 6.93. The Morgan fingerprint density at radius 1 is 1.30 bits per heavy atom. The van der Waals surface area contributed by atoms with Crippen LogP contribution in [0.4, 0.5) is 0 Å². The number of hydrogen-bond donors (Lipinski definition) is 1. The third-order valence-corrected chi connectivity index (χ3v) is 3.79. The minimum Gasteiger partial charge on any atom is -0.492 e. The van der Waals surface area contributed by atoms with Gasteiger partial charge in [0.05, 0.1) is 28.9 Å². The third kappa shape index (κ3) is 3.23. The van der Waals surface area contributed by atoms with Crippen molar-refractivity contribution in [2.75, 3.05) is 13.7 Å². The first-order chi connectivity index (χ1) is 9.67. The van der Waals surface area contributed by atoms with Gasteiger partial charge < -0.3 is 10.1 Å². The van der Waals surface area contributed by atoms with Crippen molar-refractivity contribution in [3.05, 3.63) is 57.8 Å². The average molecular weight is 311 g/mol. The zero-order chi connectivity index (χ0) is 14.5. The lowest BCUT2D eigenvalue weighted by Gasteiger charge is -2.19. The fraction of sp³-hybridized carbons (Fsp3) is 0.267. The van der Waals surface area contributed by atoms with E-state index in [1.165, 1.54) is 0 Å². The summed E-state index contributed by atoms with van der Waals surface area (Å²) in [6, 6.07) is 7.47. The number of rotatable bonds is 5. The van der Waals surface area contributed by atoms with Crippen molar-refractivity contribution in [2.45, 2.75) is 13.0 Å². The molecule has 1 aromatic carbocycles. The minimum absolute atomic E-state index is 0.0888. The van der Waals surface area contributed by atoms with Crippen molar-refractivity contribution in [2.24, 2.45) is 0 Å². The van der Waals surface area contributed by atoms with Gasteiger partial charge in [-0.05, 0) is 37.2 Å². The first kappa shape index (κ1) is 15.1. The highest BCUT2D eigenvalue weighted by Gasteiger charge is 2.17. The van der Waals surface area contributed by atoms with E-state index >= 15 is 0 Å².